The molecule has 3 rings (SSSR count). The molecule has 8 heteroatoms. The topological polar surface area (TPSA) is 73.1 Å². The van der Waals surface area contributed by atoms with E-state index >= 15 is 0 Å². The summed E-state index contributed by atoms with van der Waals surface area (Å²) in [6, 6.07) is 12.4. The first-order chi connectivity index (χ1) is 12.9. The van der Waals surface area contributed by atoms with Gasteiger partial charge < -0.3 is 15.8 Å². The largest absolute Gasteiger partial charge is 0.437 e. The molecule has 0 spiro atoms. The zero-order valence-corrected chi connectivity index (χ0v) is 14.4. The van der Waals surface area contributed by atoms with Crippen LogP contribution < -0.4 is 15.8 Å². The van der Waals surface area contributed by atoms with Gasteiger partial charge >= 0.3 is 6.18 Å². The van der Waals surface area contributed by atoms with Crippen molar-refractivity contribution in [2.45, 2.75) is 19.5 Å². The lowest BCUT2D eigenvalue weighted by Crippen LogP contribution is -2.10. The van der Waals surface area contributed by atoms with Gasteiger partial charge in [0.25, 0.3) is 0 Å². The Morgan fingerprint density at radius 3 is 2.41 bits per heavy atom. The predicted molar refractivity (Wildman–Crippen MR) is 97.1 cm³/mol. The summed E-state index contributed by atoms with van der Waals surface area (Å²) in [6.07, 6.45) is -2.45. The molecule has 0 aliphatic heterocycles. The summed E-state index contributed by atoms with van der Waals surface area (Å²) in [4.78, 5) is 7.90. The highest BCUT2D eigenvalue weighted by atomic mass is 19.4. The van der Waals surface area contributed by atoms with Crippen LogP contribution in [0.5, 0.6) is 11.6 Å². The molecule has 0 saturated heterocycles. The van der Waals surface area contributed by atoms with Crippen LogP contribution in [0.4, 0.5) is 30.4 Å². The van der Waals surface area contributed by atoms with Gasteiger partial charge in [0, 0.05) is 0 Å². The second-order valence-corrected chi connectivity index (χ2v) is 5.71. The van der Waals surface area contributed by atoms with Crippen molar-refractivity contribution in [2.24, 2.45) is 0 Å². The Bertz CT molecular complexity index is 927. The molecule has 0 saturated carbocycles. The monoisotopic (exact) mass is 374 g/mol. The van der Waals surface area contributed by atoms with E-state index in [2.05, 4.69) is 15.3 Å². The van der Waals surface area contributed by atoms with Crippen molar-refractivity contribution in [1.82, 2.24) is 9.97 Å². The number of hydrogen-bond donors (Lipinski definition) is 2. The first-order valence-electron chi connectivity index (χ1n) is 8.19. The van der Waals surface area contributed by atoms with Crippen molar-refractivity contribution < 1.29 is 17.9 Å². The normalized spacial score (nSPS) is 11.3. The fraction of sp³-hybridized carbons (Fsp3) is 0.158. The number of aromatic nitrogens is 2. The summed E-state index contributed by atoms with van der Waals surface area (Å²) in [5.41, 5.74) is 6.17. The summed E-state index contributed by atoms with van der Waals surface area (Å²) in [5, 5.41) is 2.62. The summed E-state index contributed by atoms with van der Waals surface area (Å²) in [6.45, 7) is 2.04. The zero-order valence-electron chi connectivity index (χ0n) is 14.4. The van der Waals surface area contributed by atoms with E-state index in [9.17, 15) is 13.2 Å². The van der Waals surface area contributed by atoms with E-state index in [1.807, 2.05) is 19.1 Å². The van der Waals surface area contributed by atoms with Gasteiger partial charge in [-0.1, -0.05) is 31.2 Å². The number of hydrogen-bond acceptors (Lipinski definition) is 5. The molecule has 0 radical (unpaired) electrons. The van der Waals surface area contributed by atoms with Gasteiger partial charge in [0.05, 0.1) is 11.3 Å². The quantitative estimate of drug-likeness (QED) is 0.644. The molecule has 0 atom stereocenters. The van der Waals surface area contributed by atoms with E-state index in [-0.39, 0.29) is 23.1 Å². The Kier molecular flexibility index (Phi) is 5.16. The van der Waals surface area contributed by atoms with Gasteiger partial charge in [0.1, 0.15) is 17.8 Å². The highest BCUT2D eigenvalue weighted by molar-refractivity contribution is 5.74. The van der Waals surface area contributed by atoms with E-state index in [1.54, 1.807) is 12.1 Å². The Labute approximate surface area is 154 Å². The summed E-state index contributed by atoms with van der Waals surface area (Å²) in [7, 11) is 0. The van der Waals surface area contributed by atoms with Crippen molar-refractivity contribution >= 4 is 17.2 Å². The third-order valence-electron chi connectivity index (χ3n) is 3.88. The summed E-state index contributed by atoms with van der Waals surface area (Å²) in [5.74, 6) is 0.599. The molecule has 27 heavy (non-hydrogen) atoms. The summed E-state index contributed by atoms with van der Waals surface area (Å²) < 4.78 is 45.1. The minimum absolute atomic E-state index is 0.00838. The fourth-order valence-electron chi connectivity index (χ4n) is 2.43. The van der Waals surface area contributed by atoms with Gasteiger partial charge in [0.15, 0.2) is 5.82 Å². The lowest BCUT2D eigenvalue weighted by Gasteiger charge is -2.15. The van der Waals surface area contributed by atoms with Gasteiger partial charge in [-0.05, 0) is 36.2 Å². The molecule has 5 nitrogen and oxygen atoms in total. The van der Waals surface area contributed by atoms with Gasteiger partial charge in [-0.15, -0.1) is 0 Å². The van der Waals surface area contributed by atoms with Crippen LogP contribution in [0.2, 0.25) is 0 Å². The van der Waals surface area contributed by atoms with Crippen molar-refractivity contribution in [1.29, 1.82) is 0 Å². The van der Waals surface area contributed by atoms with E-state index in [0.29, 0.717) is 5.75 Å². The van der Waals surface area contributed by atoms with Crippen LogP contribution in [-0.2, 0) is 12.6 Å². The van der Waals surface area contributed by atoms with E-state index in [1.165, 1.54) is 24.5 Å². The first-order valence-corrected chi connectivity index (χ1v) is 8.19. The smallest absolute Gasteiger partial charge is 0.418 e. The van der Waals surface area contributed by atoms with Crippen molar-refractivity contribution in [2.75, 3.05) is 11.1 Å². The van der Waals surface area contributed by atoms with Gasteiger partial charge in [-0.3, -0.25) is 0 Å². The number of halogens is 3. The van der Waals surface area contributed by atoms with E-state index in [0.717, 1.165) is 18.1 Å². The maximum atomic E-state index is 13.2. The van der Waals surface area contributed by atoms with E-state index < -0.39 is 11.7 Å². The Balaban J connectivity index is 1.87. The Morgan fingerprint density at radius 2 is 1.74 bits per heavy atom. The highest BCUT2D eigenvalue weighted by Gasteiger charge is 2.33. The molecule has 2 aromatic carbocycles. The SMILES string of the molecule is CCc1ccc(Oc2ncnc(Nc3ccccc3C(F)(F)F)c2N)cc1. The second kappa shape index (κ2) is 7.53. The lowest BCUT2D eigenvalue weighted by molar-refractivity contribution is -0.136. The number of nitrogens with two attached hydrogens (primary N) is 1. The number of para-hydroxylation sites is 1. The lowest BCUT2D eigenvalue weighted by atomic mass is 10.1. The molecular formula is C19H17F3N4O. The van der Waals surface area contributed by atoms with Crippen molar-refractivity contribution in [3.63, 3.8) is 0 Å². The van der Waals surface area contributed by atoms with Crippen LogP contribution in [0.25, 0.3) is 0 Å². The maximum Gasteiger partial charge on any atom is 0.418 e. The highest BCUT2D eigenvalue weighted by Crippen LogP contribution is 2.37. The van der Waals surface area contributed by atoms with Crippen molar-refractivity contribution in [3.05, 3.63) is 66.0 Å². The molecule has 0 aliphatic rings. The summed E-state index contributed by atoms with van der Waals surface area (Å²) >= 11 is 0. The molecule has 0 unspecified atom stereocenters. The Morgan fingerprint density at radius 1 is 1.04 bits per heavy atom. The molecule has 140 valence electrons. The molecule has 3 N–H and O–H groups in total. The first kappa shape index (κ1) is 18.5. The van der Waals surface area contributed by atoms with Crippen molar-refractivity contribution in [3.8, 4) is 11.6 Å². The number of nitrogen functional groups attached to an aromatic ring is 1. The Hall–Kier alpha value is -3.29. The van der Waals surface area contributed by atoms with Crippen LogP contribution in [0.1, 0.15) is 18.1 Å². The molecule has 0 aliphatic carbocycles. The molecule has 0 bridgehead atoms. The van der Waals surface area contributed by atoms with Crippen LogP contribution in [-0.4, -0.2) is 9.97 Å². The average molecular weight is 374 g/mol. The minimum atomic E-state index is -4.51. The number of nitrogens with zero attached hydrogens (tertiary/aromatic N) is 2. The predicted octanol–water partition coefficient (Wildman–Crippen LogP) is 5.18. The molecular weight excluding hydrogens is 357 g/mol. The third kappa shape index (κ3) is 4.28. The number of alkyl halides is 3. The molecule has 3 aromatic rings. The average Bonchev–Trinajstić information content (AvgIpc) is 2.65. The van der Waals surface area contributed by atoms with Crippen LogP contribution in [0.3, 0.4) is 0 Å². The molecule has 1 aromatic heterocycles. The number of nitrogens with one attached hydrogen (secondary N) is 1. The number of rotatable bonds is 5. The van der Waals surface area contributed by atoms with Gasteiger partial charge in [0.2, 0.25) is 5.88 Å². The maximum absolute atomic E-state index is 13.2. The second-order valence-electron chi connectivity index (χ2n) is 5.71. The number of benzene rings is 2. The third-order valence-corrected chi connectivity index (χ3v) is 3.88. The zero-order chi connectivity index (χ0) is 19.4. The van der Waals surface area contributed by atoms with E-state index in [4.69, 9.17) is 10.5 Å². The fourth-order valence-corrected chi connectivity index (χ4v) is 2.43. The van der Waals surface area contributed by atoms with Gasteiger partial charge in [-0.2, -0.15) is 18.2 Å². The molecule has 0 fully saturated rings. The van der Waals surface area contributed by atoms with Crippen LogP contribution in [0, 0.1) is 0 Å². The number of ether oxygens (including phenoxy) is 1. The molecule has 1 heterocycles. The van der Waals surface area contributed by atoms with Crippen LogP contribution >= 0.6 is 0 Å². The van der Waals surface area contributed by atoms with Crippen LogP contribution in [0.15, 0.2) is 54.9 Å². The number of aryl methyl sites for hydroxylation is 1. The minimum Gasteiger partial charge on any atom is -0.437 e. The standard InChI is InChI=1S/C19H17F3N4O/c1-2-12-7-9-13(10-8-12)27-18-16(23)17(24-11-25-18)26-15-6-4-3-5-14(15)19(20,21)22/h3-11H,2,23H2,1H3,(H,24,25,26). The number of anilines is 3. The molecule has 0 amide bonds. The van der Waals surface area contributed by atoms with Gasteiger partial charge in [-0.25, -0.2) is 4.98 Å².